The minimum atomic E-state index is 0.630. The lowest BCUT2D eigenvalue weighted by Gasteiger charge is -2.14. The van der Waals surface area contributed by atoms with Crippen LogP contribution < -0.4 is 0 Å². The van der Waals surface area contributed by atoms with Crippen LogP contribution in [-0.2, 0) is 0 Å². The molecule has 0 unspecified atom stereocenters. The van der Waals surface area contributed by atoms with Crippen molar-refractivity contribution < 1.29 is 0 Å². The molecule has 0 saturated carbocycles. The molecule has 0 aliphatic rings. The van der Waals surface area contributed by atoms with Gasteiger partial charge in [0.2, 0.25) is 0 Å². The highest BCUT2D eigenvalue weighted by atomic mass is 15.0. The van der Waals surface area contributed by atoms with Crippen LogP contribution in [0.25, 0.3) is 111 Å². The summed E-state index contributed by atoms with van der Waals surface area (Å²) in [7, 11) is 0. The fourth-order valence-corrected chi connectivity index (χ4v) is 8.36. The fraction of sp³-hybridized carbons (Fsp3) is 0. The molecule has 3 heteroatoms. The first-order chi connectivity index (χ1) is 28.7. The van der Waals surface area contributed by atoms with Gasteiger partial charge in [0, 0.05) is 16.7 Å². The summed E-state index contributed by atoms with van der Waals surface area (Å²) in [6.07, 6.45) is 0. The second-order valence-electron chi connectivity index (χ2n) is 14.8. The van der Waals surface area contributed by atoms with Crippen molar-refractivity contribution >= 4 is 43.1 Å². The molecule has 1 heterocycles. The van der Waals surface area contributed by atoms with E-state index in [1.807, 2.05) is 0 Å². The lowest BCUT2D eigenvalue weighted by atomic mass is 9.95. The average Bonchev–Trinajstić information content (AvgIpc) is 3.30. The summed E-state index contributed by atoms with van der Waals surface area (Å²) >= 11 is 0. The second-order valence-corrected chi connectivity index (χ2v) is 14.8. The predicted octanol–water partition coefficient (Wildman–Crippen LogP) is 14.5. The highest BCUT2D eigenvalue weighted by Gasteiger charge is 2.17. The molecular formula is C55H35N3. The molecule has 270 valence electrons. The number of aromatic nitrogens is 3. The minimum Gasteiger partial charge on any atom is -0.208 e. The standard InChI is InChI=1S/C55H35N3/c1-3-13-36(14-4-1)42-26-25-39-20-12-24-50(52(39)34-42)55-57-53(56-54(58-55)46-33-43-18-8-10-22-49(43)51(35-46)38-15-5-2-6-16-38)45-30-28-40-31-44(29-27-41(40)32-45)48-23-11-19-37-17-7-9-21-47(37)48/h1-35H. The summed E-state index contributed by atoms with van der Waals surface area (Å²) in [5.41, 5.74) is 9.86. The zero-order valence-electron chi connectivity index (χ0n) is 31.5. The molecule has 0 fully saturated rings. The van der Waals surface area contributed by atoms with E-state index in [1.54, 1.807) is 0 Å². The van der Waals surface area contributed by atoms with E-state index in [2.05, 4.69) is 212 Å². The molecule has 0 spiro atoms. The molecule has 0 atom stereocenters. The Morgan fingerprint density at radius 3 is 1.47 bits per heavy atom. The van der Waals surface area contributed by atoms with E-state index < -0.39 is 0 Å². The van der Waals surface area contributed by atoms with E-state index in [0.717, 1.165) is 60.3 Å². The van der Waals surface area contributed by atoms with Gasteiger partial charge in [0.1, 0.15) is 0 Å². The van der Waals surface area contributed by atoms with Crippen LogP contribution in [0.1, 0.15) is 0 Å². The Morgan fingerprint density at radius 2 is 0.707 bits per heavy atom. The van der Waals surface area contributed by atoms with E-state index in [-0.39, 0.29) is 0 Å². The molecule has 0 N–H and O–H groups in total. The van der Waals surface area contributed by atoms with Crippen LogP contribution in [0.3, 0.4) is 0 Å². The van der Waals surface area contributed by atoms with E-state index in [4.69, 9.17) is 15.0 Å². The molecule has 0 aliphatic carbocycles. The van der Waals surface area contributed by atoms with Crippen molar-refractivity contribution in [3.05, 3.63) is 212 Å². The smallest absolute Gasteiger partial charge is 0.164 e. The maximum absolute atomic E-state index is 5.30. The van der Waals surface area contributed by atoms with Gasteiger partial charge in [-0.25, -0.2) is 15.0 Å². The average molecular weight is 738 g/mol. The van der Waals surface area contributed by atoms with E-state index in [0.29, 0.717) is 17.5 Å². The first-order valence-corrected chi connectivity index (χ1v) is 19.7. The van der Waals surface area contributed by atoms with Crippen molar-refractivity contribution in [1.29, 1.82) is 0 Å². The number of hydrogen-bond donors (Lipinski definition) is 0. The van der Waals surface area contributed by atoms with Crippen molar-refractivity contribution in [3.63, 3.8) is 0 Å². The second kappa shape index (κ2) is 14.1. The summed E-state index contributed by atoms with van der Waals surface area (Å²) in [4.78, 5) is 15.9. The van der Waals surface area contributed by atoms with Gasteiger partial charge < -0.3 is 0 Å². The van der Waals surface area contributed by atoms with Gasteiger partial charge in [0.25, 0.3) is 0 Å². The number of benzene rings is 10. The largest absolute Gasteiger partial charge is 0.208 e. The number of fused-ring (bicyclic) bond motifs is 4. The van der Waals surface area contributed by atoms with Crippen LogP contribution >= 0.6 is 0 Å². The van der Waals surface area contributed by atoms with E-state index in [9.17, 15) is 0 Å². The Hall–Kier alpha value is -7.75. The third kappa shape index (κ3) is 6.07. The van der Waals surface area contributed by atoms with Gasteiger partial charge in [-0.15, -0.1) is 0 Å². The van der Waals surface area contributed by atoms with E-state index in [1.165, 1.54) is 32.8 Å². The molecule has 0 aliphatic heterocycles. The SMILES string of the molecule is c1ccc(-c2ccc3cccc(-c4nc(-c5ccc6cc(-c7cccc8ccccc78)ccc6c5)nc(-c5cc(-c6ccccc6)c6ccccc6c5)n4)c3c2)cc1. The Morgan fingerprint density at radius 1 is 0.207 bits per heavy atom. The third-order valence-electron chi connectivity index (χ3n) is 11.3. The molecule has 58 heavy (non-hydrogen) atoms. The summed E-state index contributed by atoms with van der Waals surface area (Å²) in [5.74, 6) is 1.90. The first kappa shape index (κ1) is 33.6. The lowest BCUT2D eigenvalue weighted by Crippen LogP contribution is -2.01. The van der Waals surface area contributed by atoms with E-state index >= 15 is 0 Å². The number of rotatable bonds is 6. The Labute approximate surface area is 336 Å². The fourth-order valence-electron chi connectivity index (χ4n) is 8.36. The van der Waals surface area contributed by atoms with Crippen LogP contribution in [0.5, 0.6) is 0 Å². The van der Waals surface area contributed by atoms with Crippen molar-refractivity contribution in [2.24, 2.45) is 0 Å². The van der Waals surface area contributed by atoms with Crippen molar-refractivity contribution in [3.8, 4) is 67.5 Å². The maximum atomic E-state index is 5.30. The maximum Gasteiger partial charge on any atom is 0.164 e. The van der Waals surface area contributed by atoms with Crippen LogP contribution in [-0.4, -0.2) is 15.0 Å². The normalized spacial score (nSPS) is 11.4. The Balaban J connectivity index is 1.10. The topological polar surface area (TPSA) is 38.7 Å². The van der Waals surface area contributed by atoms with Crippen molar-refractivity contribution in [1.82, 2.24) is 15.0 Å². The lowest BCUT2D eigenvalue weighted by molar-refractivity contribution is 1.08. The van der Waals surface area contributed by atoms with Gasteiger partial charge in [0.15, 0.2) is 17.5 Å². The summed E-state index contributed by atoms with van der Waals surface area (Å²) < 4.78 is 0. The van der Waals surface area contributed by atoms with Gasteiger partial charge in [-0.2, -0.15) is 0 Å². The highest BCUT2D eigenvalue weighted by molar-refractivity contribution is 6.02. The first-order valence-electron chi connectivity index (χ1n) is 19.7. The molecule has 11 rings (SSSR count). The molecule has 0 radical (unpaired) electrons. The van der Waals surface area contributed by atoms with Crippen molar-refractivity contribution in [2.75, 3.05) is 0 Å². The third-order valence-corrected chi connectivity index (χ3v) is 11.3. The molecule has 0 bridgehead atoms. The molecule has 11 aromatic rings. The van der Waals surface area contributed by atoms with Crippen LogP contribution in [0.2, 0.25) is 0 Å². The summed E-state index contributed by atoms with van der Waals surface area (Å²) in [5, 5.41) is 9.31. The molecule has 1 aromatic heterocycles. The van der Waals surface area contributed by atoms with Crippen LogP contribution in [0.15, 0.2) is 212 Å². The highest BCUT2D eigenvalue weighted by Crippen LogP contribution is 2.37. The predicted molar refractivity (Wildman–Crippen MR) is 242 cm³/mol. The van der Waals surface area contributed by atoms with Gasteiger partial charge in [-0.1, -0.05) is 182 Å². The zero-order chi connectivity index (χ0) is 38.4. The summed E-state index contributed by atoms with van der Waals surface area (Å²) in [6, 6.07) is 75.4. The number of hydrogen-bond acceptors (Lipinski definition) is 3. The Kier molecular flexibility index (Phi) is 8.15. The molecule has 0 saturated heterocycles. The molecular weight excluding hydrogens is 703 g/mol. The van der Waals surface area contributed by atoms with Gasteiger partial charge in [-0.05, 0) is 107 Å². The van der Waals surface area contributed by atoms with Gasteiger partial charge in [0.05, 0.1) is 0 Å². The molecule has 0 amide bonds. The molecule has 3 nitrogen and oxygen atoms in total. The quantitative estimate of drug-likeness (QED) is 0.171. The van der Waals surface area contributed by atoms with Crippen molar-refractivity contribution in [2.45, 2.75) is 0 Å². The monoisotopic (exact) mass is 737 g/mol. The van der Waals surface area contributed by atoms with Crippen LogP contribution in [0.4, 0.5) is 0 Å². The Bertz CT molecular complexity index is 3330. The molecule has 10 aromatic carbocycles. The number of nitrogens with zero attached hydrogens (tertiary/aromatic N) is 3. The van der Waals surface area contributed by atoms with Gasteiger partial charge in [-0.3, -0.25) is 0 Å². The minimum absolute atomic E-state index is 0.630. The zero-order valence-corrected chi connectivity index (χ0v) is 31.5. The van der Waals surface area contributed by atoms with Gasteiger partial charge >= 0.3 is 0 Å². The summed E-state index contributed by atoms with van der Waals surface area (Å²) in [6.45, 7) is 0. The van der Waals surface area contributed by atoms with Crippen LogP contribution in [0, 0.1) is 0 Å².